The van der Waals surface area contributed by atoms with E-state index in [-0.39, 0.29) is 0 Å². The Kier molecular flexibility index (Phi) is 4.78. The van der Waals surface area contributed by atoms with Crippen molar-refractivity contribution in [3.8, 4) is 0 Å². The highest BCUT2D eigenvalue weighted by atomic mass is 32.2. The molecule has 2 aliphatic heterocycles. The summed E-state index contributed by atoms with van der Waals surface area (Å²) in [5.41, 5.74) is 0. The van der Waals surface area contributed by atoms with E-state index in [1.54, 1.807) is 8.61 Å². The van der Waals surface area contributed by atoms with Gasteiger partial charge in [-0.25, -0.2) is 0 Å². The van der Waals surface area contributed by atoms with Crippen LogP contribution in [-0.2, 0) is 14.9 Å². The van der Waals surface area contributed by atoms with E-state index in [2.05, 4.69) is 0 Å². The van der Waals surface area contributed by atoms with Gasteiger partial charge in [0.05, 0.1) is 13.2 Å². The van der Waals surface area contributed by atoms with Crippen LogP contribution in [0.1, 0.15) is 32.1 Å². The van der Waals surface area contributed by atoms with Crippen LogP contribution >= 0.6 is 0 Å². The molecule has 6 heteroatoms. The van der Waals surface area contributed by atoms with Crippen LogP contribution in [0, 0.1) is 0 Å². The highest BCUT2D eigenvalue weighted by Crippen LogP contribution is 2.17. The lowest BCUT2D eigenvalue weighted by Crippen LogP contribution is -2.49. The topological polar surface area (TPSA) is 49.9 Å². The van der Waals surface area contributed by atoms with Crippen LogP contribution in [0.4, 0.5) is 0 Å². The molecule has 17 heavy (non-hydrogen) atoms. The molecule has 5 nitrogen and oxygen atoms in total. The molecule has 0 bridgehead atoms. The van der Waals surface area contributed by atoms with E-state index in [0.717, 1.165) is 25.7 Å². The summed E-state index contributed by atoms with van der Waals surface area (Å²) in [7, 11) is -3.24. The average Bonchev–Trinajstić information content (AvgIpc) is 2.29. The molecule has 0 saturated carbocycles. The van der Waals surface area contributed by atoms with Gasteiger partial charge in [-0.2, -0.15) is 17.0 Å². The van der Waals surface area contributed by atoms with Crippen molar-refractivity contribution in [2.45, 2.75) is 32.1 Å². The van der Waals surface area contributed by atoms with Crippen molar-refractivity contribution in [2.24, 2.45) is 0 Å². The van der Waals surface area contributed by atoms with Crippen molar-refractivity contribution in [3.05, 3.63) is 0 Å². The summed E-state index contributed by atoms with van der Waals surface area (Å²) in [6, 6.07) is 0. The first-order chi connectivity index (χ1) is 8.21. The number of ether oxygens (including phenoxy) is 1. The molecule has 0 aromatic carbocycles. The van der Waals surface area contributed by atoms with Crippen molar-refractivity contribution < 1.29 is 13.2 Å². The number of hydrogen-bond donors (Lipinski definition) is 0. The molecule has 2 aliphatic rings. The molecule has 2 saturated heterocycles. The fourth-order valence-electron chi connectivity index (χ4n) is 2.39. The van der Waals surface area contributed by atoms with Crippen LogP contribution in [0.2, 0.25) is 0 Å². The van der Waals surface area contributed by atoms with Gasteiger partial charge in [0, 0.05) is 26.2 Å². The number of nitrogens with zero attached hydrogens (tertiary/aromatic N) is 2. The Morgan fingerprint density at radius 1 is 0.706 bits per heavy atom. The smallest absolute Gasteiger partial charge is 0.282 e. The van der Waals surface area contributed by atoms with Crippen molar-refractivity contribution in [1.29, 1.82) is 0 Å². The van der Waals surface area contributed by atoms with Crippen molar-refractivity contribution >= 4 is 10.2 Å². The Balaban J connectivity index is 2.01. The number of morpholine rings is 1. The quantitative estimate of drug-likeness (QED) is 0.740. The highest BCUT2D eigenvalue weighted by Gasteiger charge is 2.30. The molecule has 0 aliphatic carbocycles. The Morgan fingerprint density at radius 3 is 1.76 bits per heavy atom. The standard InChI is InChI=1S/C11H22N2O3S/c14-17(15,13-8-10-16-11-9-13)12-6-4-2-1-3-5-7-12/h1-11H2. The first-order valence-electron chi connectivity index (χ1n) is 6.54. The highest BCUT2D eigenvalue weighted by molar-refractivity contribution is 7.86. The summed E-state index contributed by atoms with van der Waals surface area (Å²) in [4.78, 5) is 0. The Bertz CT molecular complexity index is 318. The van der Waals surface area contributed by atoms with Gasteiger partial charge < -0.3 is 4.74 Å². The predicted octanol–water partition coefficient (Wildman–Crippen LogP) is 0.830. The second kappa shape index (κ2) is 6.13. The maximum atomic E-state index is 12.4. The molecule has 2 heterocycles. The average molecular weight is 262 g/mol. The maximum absolute atomic E-state index is 12.4. The fraction of sp³-hybridized carbons (Fsp3) is 1.00. The van der Waals surface area contributed by atoms with Crippen molar-refractivity contribution in [3.63, 3.8) is 0 Å². The normalized spacial score (nSPS) is 26.4. The minimum Gasteiger partial charge on any atom is -0.379 e. The summed E-state index contributed by atoms with van der Waals surface area (Å²) >= 11 is 0. The molecule has 0 amide bonds. The molecule has 0 atom stereocenters. The number of hydrogen-bond acceptors (Lipinski definition) is 3. The van der Waals surface area contributed by atoms with E-state index < -0.39 is 10.2 Å². The molecule has 0 spiro atoms. The third-order valence-electron chi connectivity index (χ3n) is 3.44. The van der Waals surface area contributed by atoms with Gasteiger partial charge in [0.15, 0.2) is 0 Å². The van der Waals surface area contributed by atoms with Crippen LogP contribution in [0.25, 0.3) is 0 Å². The monoisotopic (exact) mass is 262 g/mol. The largest absolute Gasteiger partial charge is 0.379 e. The summed E-state index contributed by atoms with van der Waals surface area (Å²) < 4.78 is 33.2. The van der Waals surface area contributed by atoms with E-state index in [1.807, 2.05) is 0 Å². The zero-order valence-corrected chi connectivity index (χ0v) is 11.1. The zero-order chi connectivity index (χ0) is 12.1. The molecule has 0 aromatic heterocycles. The first kappa shape index (κ1) is 13.3. The van der Waals surface area contributed by atoms with Gasteiger partial charge in [0.25, 0.3) is 10.2 Å². The molecule has 100 valence electrons. The van der Waals surface area contributed by atoms with Gasteiger partial charge in [-0.15, -0.1) is 0 Å². The molecular formula is C11H22N2O3S. The Morgan fingerprint density at radius 2 is 1.18 bits per heavy atom. The van der Waals surface area contributed by atoms with Crippen molar-refractivity contribution in [2.75, 3.05) is 39.4 Å². The fourth-order valence-corrected chi connectivity index (χ4v) is 4.05. The second-order valence-corrected chi connectivity index (χ2v) is 6.61. The Labute approximate surface area is 104 Å². The lowest BCUT2D eigenvalue weighted by molar-refractivity contribution is 0.0700. The van der Waals surface area contributed by atoms with Crippen LogP contribution < -0.4 is 0 Å². The van der Waals surface area contributed by atoms with Gasteiger partial charge in [-0.3, -0.25) is 0 Å². The van der Waals surface area contributed by atoms with Gasteiger partial charge in [0.1, 0.15) is 0 Å². The van der Waals surface area contributed by atoms with E-state index >= 15 is 0 Å². The second-order valence-electron chi connectivity index (χ2n) is 4.69. The van der Waals surface area contributed by atoms with E-state index in [9.17, 15) is 8.42 Å². The van der Waals surface area contributed by atoms with E-state index in [0.29, 0.717) is 39.4 Å². The van der Waals surface area contributed by atoms with E-state index in [1.165, 1.54) is 6.42 Å². The summed E-state index contributed by atoms with van der Waals surface area (Å²) in [6.45, 7) is 3.40. The summed E-state index contributed by atoms with van der Waals surface area (Å²) in [5, 5.41) is 0. The van der Waals surface area contributed by atoms with Crippen molar-refractivity contribution in [1.82, 2.24) is 8.61 Å². The van der Waals surface area contributed by atoms with Crippen LogP contribution in [0.3, 0.4) is 0 Å². The minimum absolute atomic E-state index is 0.499. The van der Waals surface area contributed by atoms with Gasteiger partial charge >= 0.3 is 0 Å². The zero-order valence-electron chi connectivity index (χ0n) is 10.3. The third-order valence-corrected chi connectivity index (χ3v) is 5.47. The summed E-state index contributed by atoms with van der Waals surface area (Å²) in [5.74, 6) is 0. The lowest BCUT2D eigenvalue weighted by atomic mass is 10.1. The predicted molar refractivity (Wildman–Crippen MR) is 66.0 cm³/mol. The molecule has 2 fully saturated rings. The lowest BCUT2D eigenvalue weighted by Gasteiger charge is -2.32. The molecule has 0 radical (unpaired) electrons. The molecule has 0 aromatic rings. The number of rotatable bonds is 2. The van der Waals surface area contributed by atoms with Crippen LogP contribution in [0.15, 0.2) is 0 Å². The first-order valence-corrected chi connectivity index (χ1v) is 7.94. The SMILES string of the molecule is O=S(=O)(N1CCCCCCC1)N1CCOCC1. The van der Waals surface area contributed by atoms with E-state index in [4.69, 9.17) is 4.74 Å². The molecule has 2 rings (SSSR count). The van der Waals surface area contributed by atoms with Crippen LogP contribution in [-0.4, -0.2) is 56.4 Å². The summed E-state index contributed by atoms with van der Waals surface area (Å²) in [6.07, 6.45) is 5.52. The molecule has 0 N–H and O–H groups in total. The molecular weight excluding hydrogens is 240 g/mol. The molecule has 0 unspecified atom stereocenters. The minimum atomic E-state index is -3.24. The van der Waals surface area contributed by atoms with Crippen LogP contribution in [0.5, 0.6) is 0 Å². The maximum Gasteiger partial charge on any atom is 0.282 e. The van der Waals surface area contributed by atoms with Gasteiger partial charge in [-0.05, 0) is 12.8 Å². The van der Waals surface area contributed by atoms with Gasteiger partial charge in [0.2, 0.25) is 0 Å². The third kappa shape index (κ3) is 3.40. The van der Waals surface area contributed by atoms with Gasteiger partial charge in [-0.1, -0.05) is 19.3 Å². The Hall–Kier alpha value is -0.170.